The zero-order chi connectivity index (χ0) is 28.3. The minimum absolute atomic E-state index is 0.128. The Kier molecular flexibility index (Phi) is 8.99. The SMILES string of the molecule is C#C[C@]1(CO[P@@](=O)(N[C@@H](C)C(=O)OC(C)C)Oc2ccccc2)O[C@@H](n2cc(C)c(=O)[nH]c2=O)[C@@H](O)C1O. The summed E-state index contributed by atoms with van der Waals surface area (Å²) in [4.78, 5) is 38.5. The number of carbonyl (C=O) groups is 1. The molecule has 0 radical (unpaired) electrons. The van der Waals surface area contributed by atoms with Gasteiger partial charge in [0.2, 0.25) is 0 Å². The van der Waals surface area contributed by atoms with Crippen molar-refractivity contribution in [2.75, 3.05) is 6.61 Å². The zero-order valence-electron chi connectivity index (χ0n) is 21.2. The van der Waals surface area contributed by atoms with Crippen LogP contribution in [0.5, 0.6) is 5.75 Å². The van der Waals surface area contributed by atoms with Crippen molar-refractivity contribution in [3.63, 3.8) is 0 Å². The number of benzene rings is 1. The molecule has 1 aliphatic rings. The molecule has 2 heterocycles. The number of terminal acetylenes is 1. The van der Waals surface area contributed by atoms with Crippen molar-refractivity contribution < 1.29 is 38.1 Å². The largest absolute Gasteiger partial charge is 0.462 e. The number of aryl methyl sites for hydroxylation is 1. The van der Waals surface area contributed by atoms with Gasteiger partial charge in [0, 0.05) is 11.8 Å². The normalized spacial score (nSPS) is 25.4. The average molecular weight is 551 g/mol. The Morgan fingerprint density at radius 3 is 2.55 bits per heavy atom. The summed E-state index contributed by atoms with van der Waals surface area (Å²) in [6, 6.07) is 6.78. The molecule has 1 aromatic heterocycles. The lowest BCUT2D eigenvalue weighted by atomic mass is 9.97. The maximum atomic E-state index is 13.7. The van der Waals surface area contributed by atoms with Crippen LogP contribution in [0.4, 0.5) is 0 Å². The van der Waals surface area contributed by atoms with Crippen LogP contribution in [0.2, 0.25) is 0 Å². The third-order valence-electron chi connectivity index (χ3n) is 5.56. The van der Waals surface area contributed by atoms with Gasteiger partial charge >= 0.3 is 19.4 Å². The number of aliphatic hydroxyl groups is 2. The first-order chi connectivity index (χ1) is 17.8. The number of aromatic amines is 1. The van der Waals surface area contributed by atoms with E-state index in [1.165, 1.54) is 26.0 Å². The summed E-state index contributed by atoms with van der Waals surface area (Å²) in [6.07, 6.45) is 1.28. The first kappa shape index (κ1) is 29.3. The lowest BCUT2D eigenvalue weighted by Crippen LogP contribution is -2.46. The monoisotopic (exact) mass is 551 g/mol. The number of carbonyl (C=O) groups excluding carboxylic acids is 1. The van der Waals surface area contributed by atoms with Gasteiger partial charge in [-0.05, 0) is 39.8 Å². The third-order valence-corrected chi connectivity index (χ3v) is 7.19. The minimum atomic E-state index is -4.40. The minimum Gasteiger partial charge on any atom is -0.462 e. The fourth-order valence-electron chi connectivity index (χ4n) is 3.58. The van der Waals surface area contributed by atoms with Crippen molar-refractivity contribution in [1.29, 1.82) is 0 Å². The van der Waals surface area contributed by atoms with Crippen LogP contribution in [0.3, 0.4) is 0 Å². The Bertz CT molecular complexity index is 1350. The van der Waals surface area contributed by atoms with Gasteiger partial charge in [-0.3, -0.25) is 23.7 Å². The van der Waals surface area contributed by atoms with Crippen LogP contribution in [0, 0.1) is 19.3 Å². The van der Waals surface area contributed by atoms with Crippen molar-refractivity contribution in [1.82, 2.24) is 14.6 Å². The second kappa shape index (κ2) is 11.7. The Balaban J connectivity index is 1.89. The number of aliphatic hydroxyl groups excluding tert-OH is 2. The summed E-state index contributed by atoms with van der Waals surface area (Å²) >= 11 is 0. The molecular weight excluding hydrogens is 521 g/mol. The predicted octanol–water partition coefficient (Wildman–Crippen LogP) is 0.601. The summed E-state index contributed by atoms with van der Waals surface area (Å²) < 4.78 is 36.6. The standard InChI is InChI=1S/C24H30N3O10P/c1-6-24(19(29)18(28)21(36-24)27-12-15(4)20(30)25-23(27)32)13-34-38(33,37-17-10-8-7-9-11-17)26-16(5)22(31)35-14(2)3/h1,7-12,14,16,18-19,21,28-29H,13H2,2-5H3,(H,26,33)(H,25,30,32)/t16-,18-,19?,21+,24+,38-/m0/s1. The Hall–Kier alpha value is -3.24. The Morgan fingerprint density at radius 2 is 1.95 bits per heavy atom. The molecule has 38 heavy (non-hydrogen) atoms. The van der Waals surface area contributed by atoms with Gasteiger partial charge in [0.05, 0.1) is 6.10 Å². The number of nitrogens with one attached hydrogen (secondary N) is 2. The highest BCUT2D eigenvalue weighted by molar-refractivity contribution is 7.52. The lowest BCUT2D eigenvalue weighted by Gasteiger charge is -2.29. The molecule has 2 aromatic rings. The summed E-state index contributed by atoms with van der Waals surface area (Å²) in [5.74, 6) is 1.60. The molecule has 0 amide bonds. The van der Waals surface area contributed by atoms with Gasteiger partial charge in [-0.1, -0.05) is 24.1 Å². The second-order valence-electron chi connectivity index (χ2n) is 8.97. The van der Waals surface area contributed by atoms with E-state index in [2.05, 4.69) is 16.0 Å². The number of H-pyrrole nitrogens is 1. The van der Waals surface area contributed by atoms with Gasteiger partial charge in [-0.2, -0.15) is 5.09 Å². The lowest BCUT2D eigenvalue weighted by molar-refractivity contribution is -0.149. The number of hydrogen-bond donors (Lipinski definition) is 4. The van der Waals surface area contributed by atoms with E-state index in [1.807, 2.05) is 0 Å². The van der Waals surface area contributed by atoms with Crippen molar-refractivity contribution in [3.05, 3.63) is 62.9 Å². The molecule has 14 heteroatoms. The molecule has 4 N–H and O–H groups in total. The zero-order valence-corrected chi connectivity index (χ0v) is 22.1. The molecule has 1 fully saturated rings. The van der Waals surface area contributed by atoms with Crippen LogP contribution in [0.15, 0.2) is 46.1 Å². The summed E-state index contributed by atoms with van der Waals surface area (Å²) in [5, 5.41) is 24.0. The maximum Gasteiger partial charge on any atom is 0.459 e. The quantitative estimate of drug-likeness (QED) is 0.185. The van der Waals surface area contributed by atoms with Gasteiger partial charge in [0.25, 0.3) is 5.56 Å². The molecule has 0 spiro atoms. The number of ether oxygens (including phenoxy) is 2. The topological polar surface area (TPSA) is 178 Å². The van der Waals surface area contributed by atoms with E-state index in [1.54, 1.807) is 32.0 Å². The molecule has 1 aliphatic heterocycles. The number of hydrogen-bond acceptors (Lipinski definition) is 10. The molecule has 1 unspecified atom stereocenters. The van der Waals surface area contributed by atoms with E-state index >= 15 is 0 Å². The van der Waals surface area contributed by atoms with Crippen LogP contribution in [-0.2, 0) is 23.4 Å². The van der Waals surface area contributed by atoms with Gasteiger partial charge < -0.3 is 24.2 Å². The molecule has 6 atom stereocenters. The van der Waals surface area contributed by atoms with E-state index in [9.17, 15) is 29.2 Å². The first-order valence-corrected chi connectivity index (χ1v) is 13.2. The van der Waals surface area contributed by atoms with E-state index < -0.39 is 67.8 Å². The van der Waals surface area contributed by atoms with Crippen LogP contribution in [0.1, 0.15) is 32.6 Å². The average Bonchev–Trinajstić information content (AvgIpc) is 3.11. The van der Waals surface area contributed by atoms with Gasteiger partial charge in [0.1, 0.15) is 30.6 Å². The number of esters is 1. The number of para-hydroxylation sites is 1. The van der Waals surface area contributed by atoms with Crippen molar-refractivity contribution in [2.24, 2.45) is 0 Å². The fourth-order valence-corrected chi connectivity index (χ4v) is 5.10. The molecule has 206 valence electrons. The van der Waals surface area contributed by atoms with Crippen molar-refractivity contribution in [2.45, 2.75) is 63.9 Å². The van der Waals surface area contributed by atoms with E-state index in [-0.39, 0.29) is 11.3 Å². The summed E-state index contributed by atoms with van der Waals surface area (Å²) in [6.45, 7) is 5.32. The second-order valence-corrected chi connectivity index (χ2v) is 10.7. The van der Waals surface area contributed by atoms with Gasteiger partial charge in [0.15, 0.2) is 11.8 Å². The molecule has 13 nitrogen and oxygen atoms in total. The molecule has 1 saturated heterocycles. The third kappa shape index (κ3) is 6.42. The van der Waals surface area contributed by atoms with Crippen molar-refractivity contribution in [3.8, 4) is 18.1 Å². The molecule has 0 saturated carbocycles. The first-order valence-electron chi connectivity index (χ1n) is 11.6. The van der Waals surface area contributed by atoms with Gasteiger partial charge in [-0.25, -0.2) is 9.36 Å². The van der Waals surface area contributed by atoms with E-state index in [0.717, 1.165) is 10.8 Å². The highest BCUT2D eigenvalue weighted by atomic mass is 31.2. The predicted molar refractivity (Wildman–Crippen MR) is 134 cm³/mol. The van der Waals surface area contributed by atoms with Gasteiger partial charge in [-0.15, -0.1) is 6.42 Å². The van der Waals surface area contributed by atoms with E-state index in [4.69, 9.17) is 24.9 Å². The number of aromatic nitrogens is 2. The van der Waals surface area contributed by atoms with Crippen LogP contribution in [0.25, 0.3) is 0 Å². The fraction of sp³-hybridized carbons (Fsp3) is 0.458. The van der Waals surface area contributed by atoms with Crippen molar-refractivity contribution >= 4 is 13.7 Å². The van der Waals surface area contributed by atoms with E-state index in [0.29, 0.717) is 0 Å². The Morgan fingerprint density at radius 1 is 1.29 bits per heavy atom. The smallest absolute Gasteiger partial charge is 0.459 e. The van der Waals surface area contributed by atoms with Crippen LogP contribution >= 0.6 is 7.75 Å². The molecule has 3 rings (SSSR count). The number of rotatable bonds is 10. The summed E-state index contributed by atoms with van der Waals surface area (Å²) in [7, 11) is -4.40. The molecular formula is C24H30N3O10P. The maximum absolute atomic E-state index is 13.7. The summed E-state index contributed by atoms with van der Waals surface area (Å²) in [5.41, 5.74) is -3.52. The highest BCUT2D eigenvalue weighted by Gasteiger charge is 2.56. The van der Waals surface area contributed by atoms with Crippen LogP contribution in [-0.4, -0.2) is 62.3 Å². The highest BCUT2D eigenvalue weighted by Crippen LogP contribution is 2.47. The molecule has 1 aromatic carbocycles. The van der Waals surface area contributed by atoms with Crippen LogP contribution < -0.4 is 20.9 Å². The Labute approximate surface area is 218 Å². The number of nitrogens with zero attached hydrogens (tertiary/aromatic N) is 1. The molecule has 0 aliphatic carbocycles. The molecule has 0 bridgehead atoms.